The number of piperazine rings is 1. The summed E-state index contributed by atoms with van der Waals surface area (Å²) in [4.78, 5) is 25.5. The molecule has 0 radical (unpaired) electrons. The van der Waals surface area contributed by atoms with E-state index in [2.05, 4.69) is 4.74 Å². The van der Waals surface area contributed by atoms with Crippen LogP contribution in [0.5, 0.6) is 0 Å². The van der Waals surface area contributed by atoms with E-state index >= 15 is 0 Å². The first-order valence-electron chi connectivity index (χ1n) is 9.50. The predicted octanol–water partition coefficient (Wildman–Crippen LogP) is 1.42. The number of benzene rings is 2. The number of ether oxygens (including phenoxy) is 1. The largest absolute Gasteiger partial charge is 0.468 e. The molecule has 0 atom stereocenters. The molecular weight excluding hydrogens is 429 g/mol. The number of carbonyl (C=O) groups is 1. The number of aromatic nitrogens is 1. The molecule has 1 aromatic heterocycles. The minimum absolute atomic E-state index is 0.00537. The molecule has 4 rings (SSSR count). The van der Waals surface area contributed by atoms with Crippen molar-refractivity contribution in [1.29, 1.82) is 0 Å². The number of oxazole rings is 1. The molecule has 0 saturated carbocycles. The van der Waals surface area contributed by atoms with Crippen LogP contribution in [0.2, 0.25) is 0 Å². The number of esters is 1. The summed E-state index contributed by atoms with van der Waals surface area (Å²) in [5, 5.41) is 0. The van der Waals surface area contributed by atoms with Gasteiger partial charge in [-0.3, -0.25) is 9.36 Å². The van der Waals surface area contributed by atoms with Gasteiger partial charge in [0.1, 0.15) is 12.4 Å². The Balaban J connectivity index is 1.54. The summed E-state index contributed by atoms with van der Waals surface area (Å²) in [6, 6.07) is 10.2. The van der Waals surface area contributed by atoms with Gasteiger partial charge < -0.3 is 14.1 Å². The summed E-state index contributed by atoms with van der Waals surface area (Å²) in [5.74, 6) is -1.73. The van der Waals surface area contributed by atoms with Gasteiger partial charge in [-0.15, -0.1) is 0 Å². The lowest BCUT2D eigenvalue weighted by molar-refractivity contribution is -0.141. The molecule has 164 valence electrons. The summed E-state index contributed by atoms with van der Waals surface area (Å²) in [7, 11) is -2.61. The minimum atomic E-state index is -3.81. The Hall–Kier alpha value is -3.18. The van der Waals surface area contributed by atoms with Crippen LogP contribution in [-0.4, -0.2) is 56.5 Å². The van der Waals surface area contributed by atoms with Crippen LogP contribution in [0.1, 0.15) is 0 Å². The van der Waals surface area contributed by atoms with E-state index in [0.29, 0.717) is 18.6 Å². The number of sulfonamides is 1. The third-order valence-corrected chi connectivity index (χ3v) is 7.12. The first-order valence-corrected chi connectivity index (χ1v) is 10.9. The SMILES string of the molecule is COC(=O)Cn1c(=O)oc2cc(S(=O)(=O)N3CCN(c4ccc(F)cc4)CC3)ccc21. The Morgan fingerprint density at radius 1 is 1.10 bits per heavy atom. The molecule has 1 aliphatic heterocycles. The van der Waals surface area contributed by atoms with Gasteiger partial charge >= 0.3 is 11.7 Å². The van der Waals surface area contributed by atoms with Crippen molar-refractivity contribution in [2.75, 3.05) is 38.2 Å². The van der Waals surface area contributed by atoms with Crippen LogP contribution >= 0.6 is 0 Å². The third-order valence-electron chi connectivity index (χ3n) is 5.22. The van der Waals surface area contributed by atoms with E-state index in [0.717, 1.165) is 10.3 Å². The molecule has 1 fully saturated rings. The highest BCUT2D eigenvalue weighted by Gasteiger charge is 2.29. The first kappa shape index (κ1) is 21.1. The normalized spacial score (nSPS) is 15.4. The zero-order valence-electron chi connectivity index (χ0n) is 16.7. The molecule has 0 aliphatic carbocycles. The van der Waals surface area contributed by atoms with Crippen molar-refractivity contribution >= 4 is 32.8 Å². The fraction of sp³-hybridized carbons (Fsp3) is 0.300. The van der Waals surface area contributed by atoms with E-state index in [-0.39, 0.29) is 35.9 Å². The molecular formula is C20H20FN3O6S. The van der Waals surface area contributed by atoms with Crippen molar-refractivity contribution in [3.8, 4) is 0 Å². The minimum Gasteiger partial charge on any atom is -0.468 e. The van der Waals surface area contributed by atoms with Crippen molar-refractivity contribution in [3.05, 3.63) is 58.8 Å². The average molecular weight is 449 g/mol. The Morgan fingerprint density at radius 3 is 2.42 bits per heavy atom. The van der Waals surface area contributed by atoms with Gasteiger partial charge in [0.15, 0.2) is 5.58 Å². The number of carbonyl (C=O) groups excluding carboxylic acids is 1. The quantitative estimate of drug-likeness (QED) is 0.543. The highest BCUT2D eigenvalue weighted by atomic mass is 32.2. The summed E-state index contributed by atoms with van der Waals surface area (Å²) in [6.07, 6.45) is 0. The second kappa shape index (κ2) is 8.16. The number of fused-ring (bicyclic) bond motifs is 1. The number of nitrogens with zero attached hydrogens (tertiary/aromatic N) is 3. The maximum atomic E-state index is 13.1. The number of anilines is 1. The molecule has 0 N–H and O–H groups in total. The molecule has 0 amide bonds. The van der Waals surface area contributed by atoms with Crippen molar-refractivity contribution < 1.29 is 26.8 Å². The molecule has 9 nitrogen and oxygen atoms in total. The second-order valence-electron chi connectivity index (χ2n) is 7.03. The molecule has 0 spiro atoms. The summed E-state index contributed by atoms with van der Waals surface area (Å²) in [5.41, 5.74) is 1.20. The zero-order chi connectivity index (χ0) is 22.2. The Bertz CT molecular complexity index is 1270. The smallest absolute Gasteiger partial charge is 0.420 e. The van der Waals surface area contributed by atoms with Crippen LogP contribution < -0.4 is 10.7 Å². The maximum absolute atomic E-state index is 13.1. The monoisotopic (exact) mass is 449 g/mol. The number of hydrogen-bond acceptors (Lipinski definition) is 7. The lowest BCUT2D eigenvalue weighted by atomic mass is 10.2. The van der Waals surface area contributed by atoms with Crippen LogP contribution in [0.3, 0.4) is 0 Å². The summed E-state index contributed by atoms with van der Waals surface area (Å²) in [6.45, 7) is 1.09. The maximum Gasteiger partial charge on any atom is 0.420 e. The van der Waals surface area contributed by atoms with E-state index in [1.54, 1.807) is 12.1 Å². The Morgan fingerprint density at radius 2 is 1.77 bits per heavy atom. The van der Waals surface area contributed by atoms with Crippen molar-refractivity contribution in [1.82, 2.24) is 8.87 Å². The van der Waals surface area contributed by atoms with E-state index < -0.39 is 21.7 Å². The van der Waals surface area contributed by atoms with Crippen molar-refractivity contribution in [2.45, 2.75) is 11.4 Å². The van der Waals surface area contributed by atoms with Crippen LogP contribution in [0, 0.1) is 5.82 Å². The highest BCUT2D eigenvalue weighted by Crippen LogP contribution is 2.24. The van der Waals surface area contributed by atoms with Crippen LogP contribution in [0.4, 0.5) is 10.1 Å². The van der Waals surface area contributed by atoms with Gasteiger partial charge in [-0.05, 0) is 36.4 Å². The van der Waals surface area contributed by atoms with Crippen LogP contribution in [0.25, 0.3) is 11.1 Å². The average Bonchev–Trinajstić information content (AvgIpc) is 3.08. The van der Waals surface area contributed by atoms with Gasteiger partial charge in [0, 0.05) is 37.9 Å². The molecule has 2 heterocycles. The van der Waals surface area contributed by atoms with E-state index in [9.17, 15) is 22.4 Å². The molecule has 0 unspecified atom stereocenters. The molecule has 1 saturated heterocycles. The standard InChI is InChI=1S/C20H20FN3O6S/c1-29-19(25)13-24-17-7-6-16(12-18(17)30-20(24)26)31(27,28)23-10-8-22(9-11-23)15-4-2-14(21)3-5-15/h2-7,12H,8-11,13H2,1H3. The van der Waals surface area contributed by atoms with Gasteiger partial charge in [0.05, 0.1) is 17.5 Å². The highest BCUT2D eigenvalue weighted by molar-refractivity contribution is 7.89. The van der Waals surface area contributed by atoms with E-state index in [1.807, 2.05) is 4.90 Å². The molecule has 3 aromatic rings. The number of hydrogen-bond donors (Lipinski definition) is 0. The van der Waals surface area contributed by atoms with E-state index in [1.165, 1.54) is 41.7 Å². The number of halogens is 1. The molecule has 31 heavy (non-hydrogen) atoms. The fourth-order valence-corrected chi connectivity index (χ4v) is 4.98. The van der Waals surface area contributed by atoms with Crippen molar-refractivity contribution in [3.63, 3.8) is 0 Å². The summed E-state index contributed by atoms with van der Waals surface area (Å²) < 4.78 is 51.4. The lowest BCUT2D eigenvalue weighted by Crippen LogP contribution is -2.48. The zero-order valence-corrected chi connectivity index (χ0v) is 17.5. The van der Waals surface area contributed by atoms with Crippen LogP contribution in [0.15, 0.2) is 56.6 Å². The second-order valence-corrected chi connectivity index (χ2v) is 8.97. The van der Waals surface area contributed by atoms with Crippen molar-refractivity contribution in [2.24, 2.45) is 0 Å². The molecule has 11 heteroatoms. The Kier molecular flexibility index (Phi) is 5.54. The lowest BCUT2D eigenvalue weighted by Gasteiger charge is -2.35. The van der Waals surface area contributed by atoms with Gasteiger partial charge in [-0.1, -0.05) is 0 Å². The molecule has 1 aliphatic rings. The van der Waals surface area contributed by atoms with Crippen LogP contribution in [-0.2, 0) is 26.1 Å². The molecule has 2 aromatic carbocycles. The Labute approximate surface area is 177 Å². The first-order chi connectivity index (χ1) is 14.8. The predicted molar refractivity (Wildman–Crippen MR) is 110 cm³/mol. The van der Waals surface area contributed by atoms with E-state index in [4.69, 9.17) is 4.42 Å². The topological polar surface area (TPSA) is 102 Å². The molecule has 0 bridgehead atoms. The van der Waals surface area contributed by atoms with Gasteiger partial charge in [-0.2, -0.15) is 4.31 Å². The number of methoxy groups -OCH3 is 1. The fourth-order valence-electron chi connectivity index (χ4n) is 3.54. The van der Waals surface area contributed by atoms with Gasteiger partial charge in [0.2, 0.25) is 10.0 Å². The summed E-state index contributed by atoms with van der Waals surface area (Å²) >= 11 is 0. The third kappa shape index (κ3) is 4.06. The van der Waals surface area contributed by atoms with Gasteiger partial charge in [-0.25, -0.2) is 17.6 Å². The number of rotatable bonds is 5. The van der Waals surface area contributed by atoms with Gasteiger partial charge in [0.25, 0.3) is 0 Å².